The van der Waals surface area contributed by atoms with Crippen molar-refractivity contribution in [2.24, 2.45) is 5.41 Å². The zero-order valence-corrected chi connectivity index (χ0v) is 11.0. The van der Waals surface area contributed by atoms with Gasteiger partial charge in [0.2, 0.25) is 0 Å². The minimum Gasteiger partial charge on any atom is -0.119 e. The summed E-state index contributed by atoms with van der Waals surface area (Å²) >= 11 is 0. The Labute approximate surface area is 100 Å². The van der Waals surface area contributed by atoms with E-state index in [9.17, 15) is 0 Å². The molecular weight excluding hydrogens is 192 g/mol. The first-order valence-electron chi connectivity index (χ1n) is 5.92. The van der Waals surface area contributed by atoms with Crippen molar-refractivity contribution in [2.75, 3.05) is 0 Å². The quantitative estimate of drug-likeness (QED) is 0.632. The number of hydrogen-bond donors (Lipinski definition) is 0. The van der Waals surface area contributed by atoms with Crippen molar-refractivity contribution in [3.05, 3.63) is 35.4 Å². The predicted octanol–water partition coefficient (Wildman–Crippen LogP) is 4.57. The van der Waals surface area contributed by atoms with E-state index >= 15 is 0 Å². The first-order chi connectivity index (χ1) is 7.36. The van der Waals surface area contributed by atoms with Crippen LogP contribution in [0.3, 0.4) is 0 Å². The maximum absolute atomic E-state index is 5.64. The lowest BCUT2D eigenvalue weighted by Crippen LogP contribution is -2.16. The highest BCUT2D eigenvalue weighted by Crippen LogP contribution is 2.34. The van der Waals surface area contributed by atoms with E-state index in [1.807, 2.05) is 0 Å². The molecule has 0 aliphatic rings. The maximum Gasteiger partial charge on any atom is 0.0497 e. The maximum atomic E-state index is 5.64. The molecule has 0 amide bonds. The summed E-state index contributed by atoms with van der Waals surface area (Å²) in [7, 11) is 0. The van der Waals surface area contributed by atoms with Crippen molar-refractivity contribution in [3.63, 3.8) is 0 Å². The lowest BCUT2D eigenvalue weighted by molar-refractivity contribution is 0.375. The molecule has 0 radical (unpaired) electrons. The first-order valence-corrected chi connectivity index (χ1v) is 5.92. The van der Waals surface area contributed by atoms with E-state index in [0.717, 1.165) is 0 Å². The van der Waals surface area contributed by atoms with Gasteiger partial charge in [0.15, 0.2) is 0 Å². The van der Waals surface area contributed by atoms with Gasteiger partial charge in [-0.3, -0.25) is 0 Å². The number of rotatable bonds is 2. The van der Waals surface area contributed by atoms with Crippen molar-refractivity contribution in [1.82, 2.24) is 0 Å². The fourth-order valence-electron chi connectivity index (χ4n) is 1.92. The third-order valence-corrected chi connectivity index (χ3v) is 2.97. The SMILES string of the molecule is C#C[C@@H](c1ccc(C(C)C)cc1)C(C)(C)C. The molecule has 1 aromatic rings. The topological polar surface area (TPSA) is 0 Å². The van der Waals surface area contributed by atoms with Gasteiger partial charge in [-0.15, -0.1) is 6.42 Å². The van der Waals surface area contributed by atoms with Gasteiger partial charge in [-0.2, -0.15) is 0 Å². The fraction of sp³-hybridized carbons (Fsp3) is 0.500. The molecule has 0 fully saturated rings. The van der Waals surface area contributed by atoms with Crippen LogP contribution in [0.4, 0.5) is 0 Å². The molecule has 1 atom stereocenters. The highest BCUT2D eigenvalue weighted by atomic mass is 14.3. The van der Waals surface area contributed by atoms with E-state index in [2.05, 4.69) is 64.8 Å². The van der Waals surface area contributed by atoms with Crippen molar-refractivity contribution < 1.29 is 0 Å². The first kappa shape index (κ1) is 12.8. The van der Waals surface area contributed by atoms with E-state index in [4.69, 9.17) is 6.42 Å². The summed E-state index contributed by atoms with van der Waals surface area (Å²) in [6, 6.07) is 8.72. The lowest BCUT2D eigenvalue weighted by atomic mass is 9.77. The third kappa shape index (κ3) is 2.89. The third-order valence-electron chi connectivity index (χ3n) is 2.97. The van der Waals surface area contributed by atoms with Crippen LogP contribution in [0.5, 0.6) is 0 Å². The Morgan fingerprint density at radius 3 is 1.75 bits per heavy atom. The van der Waals surface area contributed by atoms with Crippen molar-refractivity contribution in [2.45, 2.75) is 46.5 Å². The van der Waals surface area contributed by atoms with Crippen LogP contribution in [0.25, 0.3) is 0 Å². The summed E-state index contributed by atoms with van der Waals surface area (Å²) < 4.78 is 0. The van der Waals surface area contributed by atoms with Crippen LogP contribution in [0, 0.1) is 17.8 Å². The van der Waals surface area contributed by atoms with Gasteiger partial charge in [-0.1, -0.05) is 64.8 Å². The van der Waals surface area contributed by atoms with Gasteiger partial charge in [0, 0.05) is 5.92 Å². The summed E-state index contributed by atoms with van der Waals surface area (Å²) in [6.45, 7) is 11.0. The molecule has 0 aromatic heterocycles. The standard InChI is InChI=1S/C16H22/c1-7-15(16(4,5)6)14-10-8-13(9-11-14)12(2)3/h1,8-12,15H,2-6H3/t15-/m0/s1. The monoisotopic (exact) mass is 214 g/mol. The predicted molar refractivity (Wildman–Crippen MR) is 71.6 cm³/mol. The van der Waals surface area contributed by atoms with E-state index in [1.165, 1.54) is 11.1 Å². The van der Waals surface area contributed by atoms with E-state index in [-0.39, 0.29) is 11.3 Å². The molecule has 0 saturated heterocycles. The van der Waals surface area contributed by atoms with Gasteiger partial charge < -0.3 is 0 Å². The minimum absolute atomic E-state index is 0.119. The van der Waals surface area contributed by atoms with Crippen LogP contribution >= 0.6 is 0 Å². The number of hydrogen-bond acceptors (Lipinski definition) is 0. The van der Waals surface area contributed by atoms with Gasteiger partial charge in [-0.05, 0) is 22.5 Å². The molecule has 0 N–H and O–H groups in total. The van der Waals surface area contributed by atoms with Crippen LogP contribution in [0.2, 0.25) is 0 Å². The van der Waals surface area contributed by atoms with Crippen LogP contribution in [-0.2, 0) is 0 Å². The van der Waals surface area contributed by atoms with Gasteiger partial charge in [0.05, 0.1) is 0 Å². The summed E-state index contributed by atoms with van der Waals surface area (Å²) in [6.07, 6.45) is 5.64. The molecule has 86 valence electrons. The molecule has 0 aliphatic carbocycles. The minimum atomic E-state index is 0.119. The zero-order chi connectivity index (χ0) is 12.3. The summed E-state index contributed by atoms with van der Waals surface area (Å²) in [5, 5.41) is 0. The highest BCUT2D eigenvalue weighted by molar-refractivity contribution is 5.32. The van der Waals surface area contributed by atoms with E-state index < -0.39 is 0 Å². The summed E-state index contributed by atoms with van der Waals surface area (Å²) in [4.78, 5) is 0. The van der Waals surface area contributed by atoms with Gasteiger partial charge in [0.25, 0.3) is 0 Å². The molecule has 16 heavy (non-hydrogen) atoms. The van der Waals surface area contributed by atoms with Crippen molar-refractivity contribution in [3.8, 4) is 12.3 Å². The average molecular weight is 214 g/mol. The Bertz CT molecular complexity index is 368. The summed E-state index contributed by atoms with van der Waals surface area (Å²) in [5.41, 5.74) is 2.74. The fourth-order valence-corrected chi connectivity index (χ4v) is 1.92. The van der Waals surface area contributed by atoms with Gasteiger partial charge in [0.1, 0.15) is 0 Å². The molecule has 0 heterocycles. The van der Waals surface area contributed by atoms with Gasteiger partial charge >= 0.3 is 0 Å². The average Bonchev–Trinajstić information content (AvgIpc) is 2.17. The second-order valence-corrected chi connectivity index (χ2v) is 5.79. The molecule has 0 aliphatic heterocycles. The van der Waals surface area contributed by atoms with E-state index in [0.29, 0.717) is 5.92 Å². The van der Waals surface area contributed by atoms with Crippen molar-refractivity contribution in [1.29, 1.82) is 0 Å². The van der Waals surface area contributed by atoms with Gasteiger partial charge in [-0.25, -0.2) is 0 Å². The van der Waals surface area contributed by atoms with Crippen LogP contribution < -0.4 is 0 Å². The normalized spacial score (nSPS) is 13.6. The van der Waals surface area contributed by atoms with Crippen LogP contribution in [0.15, 0.2) is 24.3 Å². The van der Waals surface area contributed by atoms with Crippen LogP contribution in [0.1, 0.15) is 57.6 Å². The second-order valence-electron chi connectivity index (χ2n) is 5.79. The molecule has 1 aromatic carbocycles. The number of benzene rings is 1. The Morgan fingerprint density at radius 2 is 1.44 bits per heavy atom. The molecule has 0 bridgehead atoms. The molecule has 0 spiro atoms. The smallest absolute Gasteiger partial charge is 0.0497 e. The zero-order valence-electron chi connectivity index (χ0n) is 11.0. The molecular formula is C16H22. The molecule has 0 saturated carbocycles. The Hall–Kier alpha value is -1.22. The Balaban J connectivity index is 3.02. The van der Waals surface area contributed by atoms with Crippen LogP contribution in [-0.4, -0.2) is 0 Å². The highest BCUT2D eigenvalue weighted by Gasteiger charge is 2.24. The molecule has 0 nitrogen and oxygen atoms in total. The Morgan fingerprint density at radius 1 is 1.00 bits per heavy atom. The Kier molecular flexibility index (Phi) is 3.81. The largest absolute Gasteiger partial charge is 0.119 e. The van der Waals surface area contributed by atoms with E-state index in [1.54, 1.807) is 0 Å². The van der Waals surface area contributed by atoms with Crippen molar-refractivity contribution >= 4 is 0 Å². The lowest BCUT2D eigenvalue weighted by Gasteiger charge is -2.26. The number of terminal acetylenes is 1. The molecule has 0 unspecified atom stereocenters. The second kappa shape index (κ2) is 4.74. The molecule has 0 heteroatoms. The summed E-state index contributed by atoms with van der Waals surface area (Å²) in [5.74, 6) is 3.67. The molecule has 1 rings (SSSR count).